The minimum atomic E-state index is -0.654. The number of benzene rings is 2. The van der Waals surface area contributed by atoms with E-state index in [4.69, 9.17) is 21.1 Å². The van der Waals surface area contributed by atoms with Crippen LogP contribution in [0.5, 0.6) is 5.75 Å². The molecule has 1 atom stereocenters. The highest BCUT2D eigenvalue weighted by atomic mass is 35.5. The summed E-state index contributed by atoms with van der Waals surface area (Å²) in [5.74, 6) is 0.812. The number of fused-ring (bicyclic) bond motifs is 1. The lowest BCUT2D eigenvalue weighted by Gasteiger charge is -2.19. The quantitative estimate of drug-likeness (QED) is 0.649. The first-order valence-electron chi connectivity index (χ1n) is 7.95. The number of amides is 1. The third-order valence-corrected chi connectivity index (χ3v) is 5.74. The average Bonchev–Trinajstić information content (AvgIpc) is 3.24. The van der Waals surface area contributed by atoms with E-state index in [1.54, 1.807) is 7.11 Å². The van der Waals surface area contributed by atoms with Gasteiger partial charge in [-0.1, -0.05) is 41.9 Å². The molecule has 3 aromatic rings. The van der Waals surface area contributed by atoms with Crippen LogP contribution in [0.1, 0.15) is 23.6 Å². The van der Waals surface area contributed by atoms with E-state index >= 15 is 0 Å². The van der Waals surface area contributed by atoms with Gasteiger partial charge in [-0.25, -0.2) is 0 Å². The fourth-order valence-electron chi connectivity index (χ4n) is 2.82. The van der Waals surface area contributed by atoms with Crippen molar-refractivity contribution in [3.05, 3.63) is 64.0 Å². The zero-order valence-corrected chi connectivity index (χ0v) is 15.7. The molecule has 4 rings (SSSR count). The molecule has 1 amide bonds. The molecule has 0 radical (unpaired) electrons. The molecule has 26 heavy (non-hydrogen) atoms. The molecule has 7 heteroatoms. The molecule has 0 spiro atoms. The molecule has 1 aromatic heterocycles. The molecular weight excluding hydrogens is 372 g/mol. The largest absolute Gasteiger partial charge is 0.497 e. The van der Waals surface area contributed by atoms with E-state index in [-0.39, 0.29) is 5.91 Å². The molecule has 0 saturated carbocycles. The highest BCUT2D eigenvalue weighted by Gasteiger charge is 2.35. The molecule has 1 unspecified atom stereocenters. The summed E-state index contributed by atoms with van der Waals surface area (Å²) in [5, 5.41) is 7.24. The van der Waals surface area contributed by atoms with Crippen LogP contribution in [-0.2, 0) is 9.53 Å². The number of thiophene rings is 1. The van der Waals surface area contributed by atoms with E-state index in [1.165, 1.54) is 23.3 Å². The van der Waals surface area contributed by atoms with Gasteiger partial charge in [0.1, 0.15) is 10.6 Å². The van der Waals surface area contributed by atoms with E-state index in [0.717, 1.165) is 15.6 Å². The van der Waals surface area contributed by atoms with E-state index in [1.807, 2.05) is 48.5 Å². The number of carbonyl (C=O) groups is 1. The van der Waals surface area contributed by atoms with Gasteiger partial charge in [0.15, 0.2) is 0 Å². The lowest BCUT2D eigenvalue weighted by Crippen LogP contribution is -2.25. The normalized spacial score (nSPS) is 16.5. The molecule has 2 heterocycles. The predicted octanol–water partition coefficient (Wildman–Crippen LogP) is 4.80. The number of hydrogen-bond acceptors (Lipinski definition) is 5. The Hall–Kier alpha value is -2.57. The van der Waals surface area contributed by atoms with Crippen LogP contribution in [0.25, 0.3) is 10.1 Å². The van der Waals surface area contributed by atoms with E-state index < -0.39 is 6.23 Å². The summed E-state index contributed by atoms with van der Waals surface area (Å²) >= 11 is 8.02. The van der Waals surface area contributed by atoms with Crippen molar-refractivity contribution in [1.29, 1.82) is 0 Å². The Morgan fingerprint density at radius 3 is 2.81 bits per heavy atom. The second-order valence-corrected chi connectivity index (χ2v) is 7.19. The Bertz CT molecular complexity index is 1030. The summed E-state index contributed by atoms with van der Waals surface area (Å²) in [6.45, 7) is 1.45. The first-order chi connectivity index (χ1) is 12.6. The summed E-state index contributed by atoms with van der Waals surface area (Å²) < 4.78 is 12.3. The SMILES string of the molecule is COc1cccc(C2OC(c3sc4ccccc4c3Cl)=NN2C(C)=O)c1. The molecular formula is C19H15ClN2O3S. The first kappa shape index (κ1) is 16.9. The maximum Gasteiger partial charge on any atom is 0.252 e. The van der Waals surface area contributed by atoms with Crippen molar-refractivity contribution in [3.63, 3.8) is 0 Å². The fourth-order valence-corrected chi connectivity index (χ4v) is 4.26. The summed E-state index contributed by atoms with van der Waals surface area (Å²) in [6.07, 6.45) is -0.654. The van der Waals surface area contributed by atoms with Gasteiger partial charge in [-0.3, -0.25) is 4.79 Å². The maximum absolute atomic E-state index is 12.1. The van der Waals surface area contributed by atoms with Gasteiger partial charge >= 0.3 is 0 Å². The summed E-state index contributed by atoms with van der Waals surface area (Å²) in [4.78, 5) is 12.8. The van der Waals surface area contributed by atoms with Gasteiger partial charge < -0.3 is 9.47 Å². The number of nitrogens with zero attached hydrogens (tertiary/aromatic N) is 2. The van der Waals surface area contributed by atoms with Gasteiger partial charge in [0.2, 0.25) is 12.1 Å². The van der Waals surface area contributed by atoms with Gasteiger partial charge in [-0.15, -0.1) is 16.4 Å². The van der Waals surface area contributed by atoms with Crippen LogP contribution in [0.15, 0.2) is 53.6 Å². The molecule has 0 bridgehead atoms. The Morgan fingerprint density at radius 1 is 1.27 bits per heavy atom. The number of hydrazone groups is 1. The van der Waals surface area contributed by atoms with Gasteiger partial charge in [-0.05, 0) is 18.2 Å². The third-order valence-electron chi connectivity index (χ3n) is 4.07. The summed E-state index contributed by atoms with van der Waals surface area (Å²) in [6, 6.07) is 15.2. The van der Waals surface area contributed by atoms with Crippen molar-refractivity contribution >= 4 is 44.8 Å². The van der Waals surface area contributed by atoms with Gasteiger partial charge in [0.25, 0.3) is 5.90 Å². The number of ether oxygens (including phenoxy) is 2. The van der Waals surface area contributed by atoms with Crippen LogP contribution in [-0.4, -0.2) is 23.9 Å². The van der Waals surface area contributed by atoms with Crippen LogP contribution in [0, 0.1) is 0 Å². The maximum atomic E-state index is 12.1. The van der Waals surface area contributed by atoms with Gasteiger partial charge in [0, 0.05) is 22.6 Å². The second-order valence-electron chi connectivity index (χ2n) is 5.76. The van der Waals surface area contributed by atoms with Crippen molar-refractivity contribution in [3.8, 4) is 5.75 Å². The number of hydrogen-bond donors (Lipinski definition) is 0. The lowest BCUT2D eigenvalue weighted by atomic mass is 10.2. The van der Waals surface area contributed by atoms with Crippen LogP contribution in [0.3, 0.4) is 0 Å². The Balaban J connectivity index is 1.75. The summed E-state index contributed by atoms with van der Waals surface area (Å²) in [7, 11) is 1.59. The van der Waals surface area contributed by atoms with Crippen LogP contribution in [0.2, 0.25) is 5.02 Å². The van der Waals surface area contributed by atoms with Crippen molar-refractivity contribution in [1.82, 2.24) is 5.01 Å². The molecule has 1 aliphatic rings. The topological polar surface area (TPSA) is 51.1 Å². The monoisotopic (exact) mass is 386 g/mol. The minimum Gasteiger partial charge on any atom is -0.497 e. The van der Waals surface area contributed by atoms with Crippen LogP contribution < -0.4 is 4.74 Å². The highest BCUT2D eigenvalue weighted by Crippen LogP contribution is 2.39. The highest BCUT2D eigenvalue weighted by molar-refractivity contribution is 7.21. The molecule has 0 fully saturated rings. The van der Waals surface area contributed by atoms with E-state index in [9.17, 15) is 4.79 Å². The minimum absolute atomic E-state index is 0.218. The van der Waals surface area contributed by atoms with Crippen LogP contribution >= 0.6 is 22.9 Å². The molecule has 0 N–H and O–H groups in total. The first-order valence-corrected chi connectivity index (χ1v) is 9.14. The predicted molar refractivity (Wildman–Crippen MR) is 103 cm³/mol. The smallest absolute Gasteiger partial charge is 0.252 e. The standard InChI is InChI=1S/C19H15ClN2O3S/c1-11(23)22-19(12-6-5-7-13(10-12)24-2)25-18(21-22)17-16(20)14-8-3-4-9-15(14)26-17/h3-10,19H,1-2H3. The molecule has 1 aliphatic heterocycles. The number of rotatable bonds is 3. The number of methoxy groups -OCH3 is 1. The lowest BCUT2D eigenvalue weighted by molar-refractivity contribution is -0.135. The van der Waals surface area contributed by atoms with Crippen molar-refractivity contribution in [2.45, 2.75) is 13.2 Å². The van der Waals surface area contributed by atoms with Crippen molar-refractivity contribution in [2.24, 2.45) is 5.10 Å². The molecule has 2 aromatic carbocycles. The molecule has 5 nitrogen and oxygen atoms in total. The zero-order chi connectivity index (χ0) is 18.3. The zero-order valence-electron chi connectivity index (χ0n) is 14.1. The molecule has 0 saturated heterocycles. The average molecular weight is 387 g/mol. The van der Waals surface area contributed by atoms with Gasteiger partial charge in [0.05, 0.1) is 12.1 Å². The third kappa shape index (κ3) is 2.81. The number of halogens is 1. The van der Waals surface area contributed by atoms with Crippen LogP contribution in [0.4, 0.5) is 0 Å². The fraction of sp³-hybridized carbons (Fsp3) is 0.158. The Kier molecular flexibility index (Phi) is 4.30. The Labute approximate surface area is 159 Å². The number of carbonyl (C=O) groups excluding carboxylic acids is 1. The second kappa shape index (κ2) is 6.63. The summed E-state index contributed by atoms with van der Waals surface area (Å²) in [5.41, 5.74) is 0.774. The molecule has 0 aliphatic carbocycles. The van der Waals surface area contributed by atoms with E-state index in [2.05, 4.69) is 5.10 Å². The van der Waals surface area contributed by atoms with Gasteiger partial charge in [-0.2, -0.15) is 5.01 Å². The Morgan fingerprint density at radius 2 is 2.08 bits per heavy atom. The van der Waals surface area contributed by atoms with E-state index in [0.29, 0.717) is 21.5 Å². The molecule has 132 valence electrons. The van der Waals surface area contributed by atoms with Crippen molar-refractivity contribution in [2.75, 3.05) is 7.11 Å². The van der Waals surface area contributed by atoms with Crippen molar-refractivity contribution < 1.29 is 14.3 Å².